The van der Waals surface area contributed by atoms with E-state index in [9.17, 15) is 4.79 Å². The van der Waals surface area contributed by atoms with Crippen molar-refractivity contribution in [2.45, 2.75) is 32.7 Å². The number of amides is 1. The third-order valence-corrected chi connectivity index (χ3v) is 3.22. The largest absolute Gasteiger partial charge is 0.337 e. The van der Waals surface area contributed by atoms with Gasteiger partial charge in [-0.3, -0.25) is 4.79 Å². The molecule has 0 bridgehead atoms. The van der Waals surface area contributed by atoms with Crippen LogP contribution in [0.3, 0.4) is 0 Å². The number of carbonyl (C=O) groups excluding carboxylic acids is 1. The molecule has 1 aliphatic heterocycles. The quantitative estimate of drug-likeness (QED) is 0.704. The average molecular weight is 223 g/mol. The van der Waals surface area contributed by atoms with E-state index in [4.69, 9.17) is 5.26 Å². The van der Waals surface area contributed by atoms with Crippen molar-refractivity contribution in [1.82, 2.24) is 9.80 Å². The molecular formula is C12H21N3O. The maximum Gasteiger partial charge on any atom is 0.239 e. The fraction of sp³-hybridized carbons (Fsp3) is 0.833. The lowest BCUT2D eigenvalue weighted by molar-refractivity contribution is -0.135. The summed E-state index contributed by atoms with van der Waals surface area (Å²) in [4.78, 5) is 16.2. The first-order chi connectivity index (χ1) is 7.60. The second-order valence-electron chi connectivity index (χ2n) is 4.56. The summed E-state index contributed by atoms with van der Waals surface area (Å²) >= 11 is 0. The molecule has 4 heteroatoms. The van der Waals surface area contributed by atoms with Crippen LogP contribution in [0.4, 0.5) is 0 Å². The summed E-state index contributed by atoms with van der Waals surface area (Å²) in [6.45, 7) is 6.51. The molecule has 1 aliphatic rings. The number of likely N-dealkylation sites (N-methyl/N-ethyl adjacent to an activating group) is 1. The van der Waals surface area contributed by atoms with Crippen molar-refractivity contribution in [3.63, 3.8) is 0 Å². The van der Waals surface area contributed by atoms with Gasteiger partial charge >= 0.3 is 0 Å². The topological polar surface area (TPSA) is 47.3 Å². The van der Waals surface area contributed by atoms with Gasteiger partial charge < -0.3 is 9.80 Å². The number of rotatable bonds is 2. The van der Waals surface area contributed by atoms with E-state index in [1.807, 2.05) is 11.0 Å². The highest BCUT2D eigenvalue weighted by atomic mass is 16.2. The van der Waals surface area contributed by atoms with Crippen LogP contribution in [0.25, 0.3) is 0 Å². The lowest BCUT2D eigenvalue weighted by atomic mass is 10.1. The number of nitrogens with zero attached hydrogens (tertiary/aromatic N) is 3. The van der Waals surface area contributed by atoms with Gasteiger partial charge in [-0.15, -0.1) is 0 Å². The molecule has 0 saturated carbocycles. The molecule has 2 unspecified atom stereocenters. The summed E-state index contributed by atoms with van der Waals surface area (Å²) < 4.78 is 0. The predicted octanol–water partition coefficient (Wildman–Crippen LogP) is 1.09. The van der Waals surface area contributed by atoms with Crippen LogP contribution in [-0.2, 0) is 4.79 Å². The zero-order valence-electron chi connectivity index (χ0n) is 10.4. The van der Waals surface area contributed by atoms with Gasteiger partial charge in [-0.25, -0.2) is 0 Å². The predicted molar refractivity (Wildman–Crippen MR) is 62.7 cm³/mol. The van der Waals surface area contributed by atoms with Crippen LogP contribution >= 0.6 is 0 Å². The van der Waals surface area contributed by atoms with Crippen LogP contribution in [0.5, 0.6) is 0 Å². The fourth-order valence-electron chi connectivity index (χ4n) is 2.19. The van der Waals surface area contributed by atoms with Crippen LogP contribution in [0, 0.1) is 17.2 Å². The molecule has 0 aliphatic carbocycles. The molecule has 2 atom stereocenters. The van der Waals surface area contributed by atoms with E-state index in [2.05, 4.69) is 18.9 Å². The molecular weight excluding hydrogens is 202 g/mol. The highest BCUT2D eigenvalue weighted by Crippen LogP contribution is 2.15. The Balaban J connectivity index is 2.75. The van der Waals surface area contributed by atoms with Gasteiger partial charge in [0.15, 0.2) is 0 Å². The van der Waals surface area contributed by atoms with Crippen LogP contribution < -0.4 is 0 Å². The molecule has 16 heavy (non-hydrogen) atoms. The zero-order chi connectivity index (χ0) is 12.1. The third kappa shape index (κ3) is 2.96. The average Bonchev–Trinajstić information content (AvgIpc) is 2.48. The van der Waals surface area contributed by atoms with Gasteiger partial charge in [-0.2, -0.15) is 5.26 Å². The van der Waals surface area contributed by atoms with E-state index >= 15 is 0 Å². The molecule has 1 rings (SSSR count). The van der Waals surface area contributed by atoms with E-state index < -0.39 is 5.92 Å². The maximum atomic E-state index is 12.0. The van der Waals surface area contributed by atoms with Gasteiger partial charge in [0.1, 0.15) is 5.92 Å². The van der Waals surface area contributed by atoms with Crippen molar-refractivity contribution in [2.24, 2.45) is 5.92 Å². The second kappa shape index (κ2) is 5.86. The summed E-state index contributed by atoms with van der Waals surface area (Å²) in [6.07, 6.45) is 1.95. The van der Waals surface area contributed by atoms with Crippen molar-refractivity contribution in [2.75, 3.05) is 26.7 Å². The van der Waals surface area contributed by atoms with E-state index in [1.165, 1.54) is 0 Å². The number of nitriles is 1. The van der Waals surface area contributed by atoms with Crippen LogP contribution in [-0.4, -0.2) is 48.4 Å². The Morgan fingerprint density at radius 1 is 1.56 bits per heavy atom. The molecule has 1 amide bonds. The Bertz CT molecular complexity index is 284. The molecule has 0 N–H and O–H groups in total. The smallest absolute Gasteiger partial charge is 0.239 e. The summed E-state index contributed by atoms with van der Waals surface area (Å²) in [7, 11) is 2.09. The van der Waals surface area contributed by atoms with Gasteiger partial charge in [0.05, 0.1) is 6.07 Å². The molecule has 1 fully saturated rings. The van der Waals surface area contributed by atoms with Crippen molar-refractivity contribution >= 4 is 5.91 Å². The van der Waals surface area contributed by atoms with Crippen LogP contribution in [0.2, 0.25) is 0 Å². The Morgan fingerprint density at radius 2 is 2.25 bits per heavy atom. The van der Waals surface area contributed by atoms with Crippen molar-refractivity contribution in [3.05, 3.63) is 0 Å². The third-order valence-electron chi connectivity index (χ3n) is 3.22. The number of carbonyl (C=O) groups is 1. The Morgan fingerprint density at radius 3 is 2.81 bits per heavy atom. The summed E-state index contributed by atoms with van der Waals surface area (Å²) in [6, 6.07) is 2.29. The summed E-state index contributed by atoms with van der Waals surface area (Å²) in [5.74, 6) is -0.526. The first kappa shape index (κ1) is 13.0. The first-order valence-corrected chi connectivity index (χ1v) is 5.98. The molecule has 0 spiro atoms. The van der Waals surface area contributed by atoms with Gasteiger partial charge in [-0.05, 0) is 33.4 Å². The lowest BCUT2D eigenvalue weighted by Crippen LogP contribution is -2.45. The summed E-state index contributed by atoms with van der Waals surface area (Å²) in [5, 5.41) is 8.81. The van der Waals surface area contributed by atoms with E-state index in [0.29, 0.717) is 0 Å². The minimum atomic E-state index is -0.516. The van der Waals surface area contributed by atoms with Gasteiger partial charge in [0.25, 0.3) is 0 Å². The van der Waals surface area contributed by atoms with Gasteiger partial charge in [-0.1, -0.05) is 6.92 Å². The van der Waals surface area contributed by atoms with Gasteiger partial charge in [0.2, 0.25) is 5.91 Å². The second-order valence-corrected chi connectivity index (χ2v) is 4.56. The van der Waals surface area contributed by atoms with Gasteiger partial charge in [0, 0.05) is 19.1 Å². The fourth-order valence-corrected chi connectivity index (χ4v) is 2.19. The zero-order valence-corrected chi connectivity index (χ0v) is 10.4. The standard InChI is InChI=1S/C12H21N3O/c1-4-11-9-14(3)6-5-7-15(11)12(16)10(2)8-13/h10-11H,4-7,9H2,1-3H3. The van der Waals surface area contributed by atoms with Crippen LogP contribution in [0.15, 0.2) is 0 Å². The maximum absolute atomic E-state index is 12.0. The van der Waals surface area contributed by atoms with E-state index in [-0.39, 0.29) is 11.9 Å². The highest BCUT2D eigenvalue weighted by Gasteiger charge is 2.28. The molecule has 4 nitrogen and oxygen atoms in total. The Labute approximate surface area is 97.8 Å². The first-order valence-electron chi connectivity index (χ1n) is 5.98. The Kier molecular flexibility index (Phi) is 4.75. The highest BCUT2D eigenvalue weighted by molar-refractivity contribution is 5.81. The molecule has 0 aromatic heterocycles. The van der Waals surface area contributed by atoms with Crippen molar-refractivity contribution in [3.8, 4) is 6.07 Å². The molecule has 1 saturated heterocycles. The molecule has 1 heterocycles. The minimum absolute atomic E-state index is 0.00958. The SMILES string of the molecule is CCC1CN(C)CCCN1C(=O)C(C)C#N. The Hall–Kier alpha value is -1.08. The lowest BCUT2D eigenvalue weighted by Gasteiger charge is -2.31. The van der Waals surface area contributed by atoms with E-state index in [1.54, 1.807) is 6.92 Å². The molecule has 0 radical (unpaired) electrons. The normalized spacial score (nSPS) is 24.6. The number of hydrogen-bond donors (Lipinski definition) is 0. The molecule has 90 valence electrons. The number of hydrogen-bond acceptors (Lipinski definition) is 3. The minimum Gasteiger partial charge on any atom is -0.337 e. The van der Waals surface area contributed by atoms with Crippen molar-refractivity contribution < 1.29 is 4.79 Å². The van der Waals surface area contributed by atoms with Crippen molar-refractivity contribution in [1.29, 1.82) is 5.26 Å². The molecule has 0 aromatic carbocycles. The summed E-state index contributed by atoms with van der Waals surface area (Å²) in [5.41, 5.74) is 0. The molecule has 0 aromatic rings. The van der Waals surface area contributed by atoms with Crippen LogP contribution in [0.1, 0.15) is 26.7 Å². The van der Waals surface area contributed by atoms with E-state index in [0.717, 1.165) is 32.5 Å². The monoisotopic (exact) mass is 223 g/mol.